The number of carbonyl (C=O) groups is 1. The quantitative estimate of drug-likeness (QED) is 0.644. The number of thioether (sulfide) groups is 1. The molecule has 0 radical (unpaired) electrons. The van der Waals surface area contributed by atoms with Gasteiger partial charge in [0.15, 0.2) is 11.5 Å². The highest BCUT2D eigenvalue weighted by molar-refractivity contribution is 7.98. The lowest BCUT2D eigenvalue weighted by Crippen LogP contribution is -2.27. The second-order valence-corrected chi connectivity index (χ2v) is 7.40. The van der Waals surface area contributed by atoms with Crippen LogP contribution in [0.25, 0.3) is 0 Å². The van der Waals surface area contributed by atoms with Crippen LogP contribution in [0.2, 0.25) is 5.02 Å². The fourth-order valence-electron chi connectivity index (χ4n) is 2.47. The smallest absolute Gasteiger partial charge is 0.253 e. The van der Waals surface area contributed by atoms with E-state index >= 15 is 0 Å². The Hall–Kier alpha value is -1.85. The van der Waals surface area contributed by atoms with Gasteiger partial charge in [-0.3, -0.25) is 4.79 Å². The first kappa shape index (κ1) is 20.5. The van der Waals surface area contributed by atoms with E-state index in [9.17, 15) is 4.79 Å². The van der Waals surface area contributed by atoms with Crippen LogP contribution in [0.15, 0.2) is 41.3 Å². The number of methoxy groups -OCH3 is 1. The molecule has 0 saturated heterocycles. The highest BCUT2D eigenvalue weighted by atomic mass is 35.5. The van der Waals surface area contributed by atoms with Gasteiger partial charge in [-0.05, 0) is 62.9 Å². The van der Waals surface area contributed by atoms with E-state index in [0.717, 1.165) is 10.5 Å². The molecule has 1 unspecified atom stereocenters. The number of nitrogens with one attached hydrogen (secondary N) is 1. The zero-order valence-electron chi connectivity index (χ0n) is 15.6. The highest BCUT2D eigenvalue weighted by Crippen LogP contribution is 2.31. The summed E-state index contributed by atoms with van der Waals surface area (Å²) in [5.74, 6) is 1.11. The zero-order chi connectivity index (χ0) is 19.3. The Kier molecular flexibility index (Phi) is 7.23. The van der Waals surface area contributed by atoms with Crippen molar-refractivity contribution < 1.29 is 14.3 Å². The Morgan fingerprint density at radius 1 is 1.12 bits per heavy atom. The molecule has 26 heavy (non-hydrogen) atoms. The number of amides is 1. The highest BCUT2D eigenvalue weighted by Gasteiger charge is 2.17. The van der Waals surface area contributed by atoms with Crippen LogP contribution in [0, 0.1) is 0 Å². The van der Waals surface area contributed by atoms with E-state index in [2.05, 4.69) is 5.32 Å². The van der Waals surface area contributed by atoms with Crippen molar-refractivity contribution in [2.75, 3.05) is 13.4 Å². The van der Waals surface area contributed by atoms with E-state index < -0.39 is 0 Å². The lowest BCUT2D eigenvalue weighted by molar-refractivity contribution is 0.0939. The topological polar surface area (TPSA) is 47.6 Å². The minimum Gasteiger partial charge on any atom is -0.493 e. The van der Waals surface area contributed by atoms with Gasteiger partial charge in [0.05, 0.1) is 29.8 Å². The molecule has 4 nitrogen and oxygen atoms in total. The summed E-state index contributed by atoms with van der Waals surface area (Å²) in [6.45, 7) is 5.84. The third-order valence-electron chi connectivity index (χ3n) is 3.82. The van der Waals surface area contributed by atoms with E-state index in [0.29, 0.717) is 22.1 Å². The normalized spacial score (nSPS) is 12.0. The summed E-state index contributed by atoms with van der Waals surface area (Å²) in [5.41, 5.74) is 1.39. The van der Waals surface area contributed by atoms with E-state index in [4.69, 9.17) is 21.1 Å². The molecule has 2 rings (SSSR count). The fraction of sp³-hybridized carbons (Fsp3) is 0.350. The number of carbonyl (C=O) groups excluding carboxylic acids is 1. The lowest BCUT2D eigenvalue weighted by atomic mass is 10.1. The van der Waals surface area contributed by atoms with Crippen LogP contribution in [0.5, 0.6) is 11.5 Å². The van der Waals surface area contributed by atoms with Crippen LogP contribution >= 0.6 is 23.4 Å². The maximum atomic E-state index is 12.6. The Balaban J connectivity index is 2.19. The van der Waals surface area contributed by atoms with Gasteiger partial charge in [-0.2, -0.15) is 0 Å². The largest absolute Gasteiger partial charge is 0.493 e. The summed E-state index contributed by atoms with van der Waals surface area (Å²) in [6.07, 6.45) is 2.01. The molecule has 1 atom stereocenters. The molecule has 0 aromatic heterocycles. The van der Waals surface area contributed by atoms with Gasteiger partial charge in [-0.25, -0.2) is 0 Å². The fourth-order valence-corrected chi connectivity index (χ4v) is 3.11. The summed E-state index contributed by atoms with van der Waals surface area (Å²) in [6, 6.07) is 10.9. The molecule has 6 heteroatoms. The van der Waals surface area contributed by atoms with Crippen molar-refractivity contribution >= 4 is 29.3 Å². The van der Waals surface area contributed by atoms with E-state index in [1.54, 1.807) is 31.0 Å². The van der Waals surface area contributed by atoms with E-state index in [1.807, 2.05) is 51.3 Å². The van der Waals surface area contributed by atoms with Crippen molar-refractivity contribution in [3.8, 4) is 11.5 Å². The van der Waals surface area contributed by atoms with Crippen LogP contribution in [0.4, 0.5) is 0 Å². The Morgan fingerprint density at radius 3 is 2.46 bits per heavy atom. The van der Waals surface area contributed by atoms with Gasteiger partial charge in [-0.1, -0.05) is 17.7 Å². The number of hydrogen-bond acceptors (Lipinski definition) is 4. The minimum absolute atomic E-state index is 0.0535. The molecular formula is C20H24ClNO3S. The number of ether oxygens (including phenoxy) is 2. The van der Waals surface area contributed by atoms with Gasteiger partial charge < -0.3 is 14.8 Å². The lowest BCUT2D eigenvalue weighted by Gasteiger charge is -2.18. The summed E-state index contributed by atoms with van der Waals surface area (Å²) in [7, 11) is 1.60. The van der Waals surface area contributed by atoms with Gasteiger partial charge in [0, 0.05) is 4.90 Å². The molecule has 140 valence electrons. The first-order chi connectivity index (χ1) is 12.3. The van der Waals surface area contributed by atoms with Gasteiger partial charge in [-0.15, -0.1) is 11.8 Å². The van der Waals surface area contributed by atoms with Crippen molar-refractivity contribution in [3.63, 3.8) is 0 Å². The molecule has 0 aliphatic carbocycles. The molecule has 0 fully saturated rings. The average Bonchev–Trinajstić information content (AvgIpc) is 2.61. The SMILES string of the molecule is COc1cc(C(C)NC(=O)c2cc(SC)ccc2Cl)ccc1OC(C)C. The van der Waals surface area contributed by atoms with Crippen LogP contribution in [0.1, 0.15) is 42.7 Å². The molecule has 1 amide bonds. The van der Waals surface area contributed by atoms with Crippen molar-refractivity contribution in [3.05, 3.63) is 52.5 Å². The number of hydrogen-bond donors (Lipinski definition) is 1. The Labute approximate surface area is 164 Å². The molecule has 0 spiro atoms. The van der Waals surface area contributed by atoms with Gasteiger partial charge in [0.1, 0.15) is 0 Å². The average molecular weight is 394 g/mol. The van der Waals surface area contributed by atoms with Crippen LogP contribution in [-0.2, 0) is 0 Å². The molecular weight excluding hydrogens is 370 g/mol. The summed E-state index contributed by atoms with van der Waals surface area (Å²) >= 11 is 7.75. The summed E-state index contributed by atoms with van der Waals surface area (Å²) in [4.78, 5) is 13.6. The first-order valence-corrected chi connectivity index (χ1v) is 9.95. The van der Waals surface area contributed by atoms with Gasteiger partial charge in [0.25, 0.3) is 5.91 Å². The molecule has 0 saturated carbocycles. The molecule has 0 aliphatic heterocycles. The standard InChI is InChI=1S/C20H24ClNO3S/c1-12(2)25-18-9-6-14(10-19(18)24-4)13(3)22-20(23)16-11-15(26-5)7-8-17(16)21/h6-13H,1-5H3,(H,22,23). The third kappa shape index (κ3) is 5.08. The van der Waals surface area contributed by atoms with Crippen LogP contribution in [0.3, 0.4) is 0 Å². The van der Waals surface area contributed by atoms with Crippen molar-refractivity contribution in [2.24, 2.45) is 0 Å². The minimum atomic E-state index is -0.210. The monoisotopic (exact) mass is 393 g/mol. The maximum absolute atomic E-state index is 12.6. The molecule has 2 aromatic rings. The van der Waals surface area contributed by atoms with Crippen molar-refractivity contribution in [2.45, 2.75) is 37.8 Å². The Bertz CT molecular complexity index is 780. The molecule has 0 bridgehead atoms. The third-order valence-corrected chi connectivity index (χ3v) is 4.87. The molecule has 1 N–H and O–H groups in total. The molecule has 0 heterocycles. The molecule has 0 aliphatic rings. The van der Waals surface area contributed by atoms with Crippen LogP contribution < -0.4 is 14.8 Å². The number of rotatable bonds is 7. The van der Waals surface area contributed by atoms with Crippen LogP contribution in [-0.4, -0.2) is 25.4 Å². The Morgan fingerprint density at radius 2 is 1.85 bits per heavy atom. The van der Waals surface area contributed by atoms with Crippen molar-refractivity contribution in [1.29, 1.82) is 0 Å². The maximum Gasteiger partial charge on any atom is 0.253 e. The summed E-state index contributed by atoms with van der Waals surface area (Å²) in [5, 5.41) is 3.42. The molecule has 2 aromatic carbocycles. The predicted molar refractivity (Wildman–Crippen MR) is 108 cm³/mol. The van der Waals surface area contributed by atoms with Crippen molar-refractivity contribution in [1.82, 2.24) is 5.32 Å². The summed E-state index contributed by atoms with van der Waals surface area (Å²) < 4.78 is 11.1. The predicted octanol–water partition coefficient (Wildman–Crippen LogP) is 5.35. The van der Waals surface area contributed by atoms with Gasteiger partial charge in [0.2, 0.25) is 0 Å². The number of benzene rings is 2. The van der Waals surface area contributed by atoms with E-state index in [1.165, 1.54) is 0 Å². The second kappa shape index (κ2) is 9.19. The first-order valence-electron chi connectivity index (χ1n) is 8.34. The zero-order valence-corrected chi connectivity index (χ0v) is 17.2. The van der Waals surface area contributed by atoms with Gasteiger partial charge >= 0.3 is 0 Å². The van der Waals surface area contributed by atoms with E-state index in [-0.39, 0.29) is 18.1 Å². The second-order valence-electron chi connectivity index (χ2n) is 6.12. The number of halogens is 1.